The Balaban J connectivity index is 1.15. The smallest absolute Gasteiger partial charge is 0.187 e. The highest BCUT2D eigenvalue weighted by Gasteiger charge is 2.85. The first-order valence-corrected chi connectivity index (χ1v) is 20.4. The number of allylic oxidation sites excluding steroid dienone is 2. The number of ether oxygens (including phenoxy) is 6. The summed E-state index contributed by atoms with van der Waals surface area (Å²) in [6.07, 6.45) is -2.60. The Labute approximate surface area is 314 Å². The number of hydrogen-bond acceptors (Lipinski definition) is 12. The van der Waals surface area contributed by atoms with Crippen molar-refractivity contribution in [3.05, 3.63) is 11.6 Å². The lowest BCUT2D eigenvalue weighted by atomic mass is 9.35. The van der Waals surface area contributed by atoms with Gasteiger partial charge in [0.2, 0.25) is 0 Å². The minimum Gasteiger partial charge on any atom is -0.390 e. The zero-order valence-electron chi connectivity index (χ0n) is 32.9. The molecule has 0 amide bonds. The van der Waals surface area contributed by atoms with Gasteiger partial charge in [-0.05, 0) is 103 Å². The van der Waals surface area contributed by atoms with Gasteiger partial charge in [-0.25, -0.2) is 0 Å². The van der Waals surface area contributed by atoms with E-state index < -0.39 is 84.3 Å². The van der Waals surface area contributed by atoms with Crippen LogP contribution in [0.4, 0.5) is 0 Å². The fraction of sp³-hybridized carbons (Fsp3) is 0.951. The van der Waals surface area contributed by atoms with E-state index in [-0.39, 0.29) is 53.1 Å². The molecule has 4 aliphatic heterocycles. The minimum absolute atomic E-state index is 0.00183. The lowest BCUT2D eigenvalue weighted by Gasteiger charge is -2.70. The topological polar surface area (TPSA) is 180 Å². The SMILES string of the molecule is CC(C)=CCCC(C)(O)C1CCC2(C)C13OC3C[C@@H]1C3(C)CCC(O)C4(C)OCC5OC(O[C@@H](CC12C)C43)C(OC1OC(C)C(O)C(O)C1O)CC5O. The lowest BCUT2D eigenvalue weighted by molar-refractivity contribution is -0.358. The second-order valence-electron chi connectivity index (χ2n) is 19.8. The number of aliphatic hydroxyl groups excluding tert-OH is 5. The first-order valence-electron chi connectivity index (χ1n) is 20.4. The summed E-state index contributed by atoms with van der Waals surface area (Å²) in [4.78, 5) is 0. The average Bonchev–Trinajstić information content (AvgIpc) is 3.70. The molecule has 21 atom stereocenters. The van der Waals surface area contributed by atoms with Crippen molar-refractivity contribution < 1.29 is 59.1 Å². The van der Waals surface area contributed by atoms with Crippen LogP contribution in [0.1, 0.15) is 113 Å². The molecule has 53 heavy (non-hydrogen) atoms. The lowest BCUT2D eigenvalue weighted by Crippen LogP contribution is -2.72. The number of aliphatic hydroxyl groups is 6. The molecule has 302 valence electrons. The van der Waals surface area contributed by atoms with Crippen LogP contribution in [0.25, 0.3) is 0 Å². The van der Waals surface area contributed by atoms with E-state index in [0.29, 0.717) is 19.3 Å². The fourth-order valence-corrected chi connectivity index (χ4v) is 13.8. The van der Waals surface area contributed by atoms with Crippen LogP contribution in [0.15, 0.2) is 11.6 Å². The second kappa shape index (κ2) is 12.9. The Morgan fingerprint density at radius 3 is 2.34 bits per heavy atom. The van der Waals surface area contributed by atoms with Gasteiger partial charge in [0.25, 0.3) is 0 Å². The van der Waals surface area contributed by atoms with Crippen molar-refractivity contribution in [3.8, 4) is 0 Å². The first kappa shape index (κ1) is 39.1. The zero-order chi connectivity index (χ0) is 38.3. The molecule has 0 aromatic heterocycles. The largest absolute Gasteiger partial charge is 0.390 e. The molecule has 2 bridgehead atoms. The van der Waals surface area contributed by atoms with Crippen molar-refractivity contribution in [1.29, 1.82) is 0 Å². The Morgan fingerprint density at radius 1 is 0.906 bits per heavy atom. The summed E-state index contributed by atoms with van der Waals surface area (Å²) in [5.41, 5.74) is -1.93. The molecular weight excluding hydrogens is 684 g/mol. The summed E-state index contributed by atoms with van der Waals surface area (Å²) < 4.78 is 39.6. The number of fused-ring (bicyclic) bond motifs is 5. The van der Waals surface area contributed by atoms with E-state index in [2.05, 4.69) is 40.7 Å². The van der Waals surface area contributed by atoms with Gasteiger partial charge in [-0.2, -0.15) is 0 Å². The van der Waals surface area contributed by atoms with E-state index in [1.165, 1.54) is 5.57 Å². The third kappa shape index (κ3) is 5.51. The summed E-state index contributed by atoms with van der Waals surface area (Å²) in [6.45, 7) is 17.0. The zero-order valence-corrected chi connectivity index (χ0v) is 32.9. The third-order valence-corrected chi connectivity index (χ3v) is 16.7. The van der Waals surface area contributed by atoms with E-state index >= 15 is 0 Å². The molecule has 1 spiro atoms. The Bertz CT molecular complexity index is 1440. The van der Waals surface area contributed by atoms with Crippen LogP contribution in [-0.2, 0) is 28.4 Å². The van der Waals surface area contributed by atoms with Gasteiger partial charge in [0.1, 0.15) is 36.1 Å². The summed E-state index contributed by atoms with van der Waals surface area (Å²) in [5.74, 6) is 0.00133. The maximum atomic E-state index is 12.2. The number of hydrogen-bond donors (Lipinski definition) is 6. The van der Waals surface area contributed by atoms with Crippen LogP contribution >= 0.6 is 0 Å². The molecular formula is C41H66O12. The molecule has 4 saturated carbocycles. The van der Waals surface area contributed by atoms with Crippen molar-refractivity contribution in [2.75, 3.05) is 6.61 Å². The van der Waals surface area contributed by atoms with E-state index in [4.69, 9.17) is 28.4 Å². The molecule has 12 heteroatoms. The Kier molecular flexibility index (Phi) is 9.50. The predicted octanol–water partition coefficient (Wildman–Crippen LogP) is 3.11. The molecule has 4 heterocycles. The molecule has 12 nitrogen and oxygen atoms in total. The second-order valence-corrected chi connectivity index (χ2v) is 19.8. The van der Waals surface area contributed by atoms with Crippen LogP contribution in [-0.4, -0.2) is 128 Å². The van der Waals surface area contributed by atoms with Gasteiger partial charge in [-0.1, -0.05) is 32.4 Å². The van der Waals surface area contributed by atoms with Gasteiger partial charge < -0.3 is 59.1 Å². The maximum Gasteiger partial charge on any atom is 0.187 e. The van der Waals surface area contributed by atoms with Crippen LogP contribution in [0.3, 0.4) is 0 Å². The van der Waals surface area contributed by atoms with E-state index in [0.717, 1.165) is 32.1 Å². The normalized spacial score (nSPS) is 58.3. The van der Waals surface area contributed by atoms with Crippen molar-refractivity contribution >= 4 is 0 Å². The van der Waals surface area contributed by atoms with Gasteiger partial charge >= 0.3 is 0 Å². The summed E-state index contributed by atoms with van der Waals surface area (Å²) in [7, 11) is 0. The van der Waals surface area contributed by atoms with Crippen molar-refractivity contribution in [2.45, 2.75) is 204 Å². The van der Waals surface area contributed by atoms with Gasteiger partial charge in [0.05, 0.1) is 48.3 Å². The Hall–Kier alpha value is -0.740. The maximum absolute atomic E-state index is 12.2. The van der Waals surface area contributed by atoms with Gasteiger partial charge in [0, 0.05) is 23.7 Å². The van der Waals surface area contributed by atoms with Gasteiger partial charge in [-0.3, -0.25) is 0 Å². The standard InChI is InChI=1S/C41H66O12/c1-20(2)10-9-13-38(6,47)26-11-15-39(7)37(5)18-24-33-36(4,27(37)17-29-41(26,39)53-29)14-12-28(43)40(33,8)48-19-25-22(42)16-23(34(51-24)52-25)50-35-32(46)31(45)30(44)21(3)49-35/h10,21-35,42-47H,9,11-19H2,1-8H3/t21?,22?,23?,24-,25?,26?,27+,28?,29?,30?,31?,32?,33?,34?,35?,36?,37?,38?,39?,40?,41?/m0/s1. The van der Waals surface area contributed by atoms with Crippen molar-refractivity contribution in [1.82, 2.24) is 0 Å². The molecule has 19 unspecified atom stereocenters. The van der Waals surface area contributed by atoms with E-state index in [9.17, 15) is 30.6 Å². The molecule has 0 aromatic rings. The monoisotopic (exact) mass is 750 g/mol. The van der Waals surface area contributed by atoms with Crippen LogP contribution < -0.4 is 0 Å². The number of epoxide rings is 1. The van der Waals surface area contributed by atoms with Crippen LogP contribution in [0.2, 0.25) is 0 Å². The minimum atomic E-state index is -1.52. The predicted molar refractivity (Wildman–Crippen MR) is 191 cm³/mol. The van der Waals surface area contributed by atoms with Crippen molar-refractivity contribution in [3.63, 3.8) is 0 Å². The molecule has 6 N–H and O–H groups in total. The van der Waals surface area contributed by atoms with Gasteiger partial charge in [-0.15, -0.1) is 0 Å². The molecule has 4 saturated heterocycles. The molecule has 4 aliphatic carbocycles. The summed E-state index contributed by atoms with van der Waals surface area (Å²) in [5, 5.41) is 67.0. The summed E-state index contributed by atoms with van der Waals surface area (Å²) >= 11 is 0. The van der Waals surface area contributed by atoms with Crippen molar-refractivity contribution in [2.24, 2.45) is 34.0 Å². The van der Waals surface area contributed by atoms with Gasteiger partial charge in [0.15, 0.2) is 12.6 Å². The van der Waals surface area contributed by atoms with E-state index in [1.807, 2.05) is 13.8 Å². The molecule has 8 rings (SSSR count). The number of rotatable bonds is 6. The van der Waals surface area contributed by atoms with Crippen LogP contribution in [0.5, 0.6) is 0 Å². The average molecular weight is 751 g/mol. The molecule has 8 fully saturated rings. The summed E-state index contributed by atoms with van der Waals surface area (Å²) in [6, 6.07) is 0. The molecule has 8 aliphatic rings. The fourth-order valence-electron chi connectivity index (χ4n) is 13.8. The van der Waals surface area contributed by atoms with E-state index in [1.54, 1.807) is 6.92 Å². The molecule has 0 aromatic carbocycles. The third-order valence-electron chi connectivity index (χ3n) is 16.7. The highest BCUT2D eigenvalue weighted by atomic mass is 16.8. The highest BCUT2D eigenvalue weighted by Crippen LogP contribution is 2.82. The van der Waals surface area contributed by atoms with Crippen LogP contribution in [0, 0.1) is 34.0 Å². The quantitative estimate of drug-likeness (QED) is 0.133. The molecule has 0 radical (unpaired) electrons. The highest BCUT2D eigenvalue weighted by molar-refractivity contribution is 5.33. The Morgan fingerprint density at radius 2 is 1.62 bits per heavy atom. The first-order chi connectivity index (χ1) is 24.7.